The van der Waals surface area contributed by atoms with Crippen LogP contribution in [0.25, 0.3) is 0 Å². The van der Waals surface area contributed by atoms with Crippen LogP contribution in [0.1, 0.15) is 32.6 Å². The first kappa shape index (κ1) is 16.1. The summed E-state index contributed by atoms with van der Waals surface area (Å²) >= 11 is 0. The van der Waals surface area contributed by atoms with Crippen LogP contribution in [0, 0.1) is 0 Å². The molecule has 1 atom stereocenters. The first-order valence-corrected chi connectivity index (χ1v) is 7.67. The minimum absolute atomic E-state index is 0.120. The molecule has 2 aromatic heterocycles. The zero-order chi connectivity index (χ0) is 17.1. The Kier molecular flexibility index (Phi) is 4.57. The summed E-state index contributed by atoms with van der Waals surface area (Å²) in [7, 11) is 3.35. The van der Waals surface area contributed by atoms with Crippen LogP contribution in [-0.4, -0.2) is 58.2 Å². The number of carbonyl (C=O) groups is 2. The molecule has 0 saturated carbocycles. The summed E-state index contributed by atoms with van der Waals surface area (Å²) in [5.74, 6) is -0.309. The lowest BCUT2D eigenvalue weighted by Gasteiger charge is -2.32. The Morgan fingerprint density at radius 3 is 2.79 bits per heavy atom. The molecule has 0 radical (unpaired) electrons. The van der Waals surface area contributed by atoms with Crippen LogP contribution in [0.15, 0.2) is 30.6 Å². The zero-order valence-corrected chi connectivity index (χ0v) is 13.6. The number of aromatic nitrogens is 3. The molecule has 2 amide bonds. The maximum absolute atomic E-state index is 12.5. The number of carbonyl (C=O) groups excluding carboxylic acids is 2. The van der Waals surface area contributed by atoms with Crippen LogP contribution in [0.2, 0.25) is 0 Å². The molecule has 8 heteroatoms. The Balaban J connectivity index is 1.71. The number of rotatable bonds is 3. The molecule has 1 aliphatic heterocycles. The van der Waals surface area contributed by atoms with Crippen molar-refractivity contribution in [3.63, 3.8) is 0 Å². The van der Waals surface area contributed by atoms with Crippen molar-refractivity contribution in [2.24, 2.45) is 7.05 Å². The van der Waals surface area contributed by atoms with Gasteiger partial charge >= 0.3 is 0 Å². The fraction of sp³-hybridized carbons (Fsp3) is 0.375. The quantitative estimate of drug-likeness (QED) is 0.880. The van der Waals surface area contributed by atoms with Gasteiger partial charge in [0, 0.05) is 33.0 Å². The van der Waals surface area contributed by atoms with Gasteiger partial charge in [0.25, 0.3) is 11.8 Å². The second kappa shape index (κ2) is 6.79. The van der Waals surface area contributed by atoms with Gasteiger partial charge in [-0.05, 0) is 18.2 Å². The predicted molar refractivity (Wildman–Crippen MR) is 85.4 cm³/mol. The predicted octanol–water partition coefficient (Wildman–Crippen LogP) is 0.388. The lowest BCUT2D eigenvalue weighted by Crippen LogP contribution is -2.42. The number of hydrogen-bond donors (Lipinski definition) is 1. The van der Waals surface area contributed by atoms with E-state index in [2.05, 4.69) is 15.4 Å². The summed E-state index contributed by atoms with van der Waals surface area (Å²) in [6, 6.07) is 5.15. The number of hydrogen-bond acceptors (Lipinski definition) is 5. The molecule has 3 rings (SSSR count). The lowest BCUT2D eigenvalue weighted by molar-refractivity contribution is -0.0249. The average Bonchev–Trinajstić information content (AvgIpc) is 3.07. The number of aryl methyl sites for hydroxylation is 1. The summed E-state index contributed by atoms with van der Waals surface area (Å²) < 4.78 is 7.33. The van der Waals surface area contributed by atoms with Crippen molar-refractivity contribution in [2.75, 3.05) is 26.7 Å². The smallest absolute Gasteiger partial charge is 0.274 e. The van der Waals surface area contributed by atoms with Crippen molar-refractivity contribution in [3.05, 3.63) is 47.5 Å². The fourth-order valence-corrected chi connectivity index (χ4v) is 2.58. The molecule has 24 heavy (non-hydrogen) atoms. The second-order valence-electron chi connectivity index (χ2n) is 5.54. The maximum Gasteiger partial charge on any atom is 0.274 e. The Labute approximate surface area is 139 Å². The largest absolute Gasteiger partial charge is 0.368 e. The van der Waals surface area contributed by atoms with Gasteiger partial charge in [-0.3, -0.25) is 19.3 Å². The average molecular weight is 329 g/mol. The molecule has 1 saturated heterocycles. The van der Waals surface area contributed by atoms with E-state index in [1.165, 1.54) is 6.20 Å². The molecule has 1 N–H and O–H groups in total. The van der Waals surface area contributed by atoms with Gasteiger partial charge < -0.3 is 15.0 Å². The van der Waals surface area contributed by atoms with Gasteiger partial charge in [-0.1, -0.05) is 0 Å². The van der Waals surface area contributed by atoms with Crippen LogP contribution < -0.4 is 5.32 Å². The lowest BCUT2D eigenvalue weighted by atomic mass is 10.1. The van der Waals surface area contributed by atoms with Crippen LogP contribution >= 0.6 is 0 Å². The number of nitrogens with zero attached hydrogens (tertiary/aromatic N) is 4. The molecule has 126 valence electrons. The molecular formula is C16H19N5O3. The van der Waals surface area contributed by atoms with E-state index in [0.717, 1.165) is 0 Å². The van der Waals surface area contributed by atoms with Gasteiger partial charge in [0.1, 0.15) is 11.8 Å². The molecule has 0 aromatic carbocycles. The second-order valence-corrected chi connectivity index (χ2v) is 5.54. The number of pyridine rings is 1. The Hall–Kier alpha value is -2.74. The Morgan fingerprint density at radius 2 is 2.17 bits per heavy atom. The van der Waals surface area contributed by atoms with E-state index >= 15 is 0 Å². The Bertz CT molecular complexity index is 740. The van der Waals surface area contributed by atoms with E-state index in [0.29, 0.717) is 36.6 Å². The highest BCUT2D eigenvalue weighted by molar-refractivity contribution is 5.93. The minimum atomic E-state index is -0.315. The molecule has 0 spiro atoms. The highest BCUT2D eigenvalue weighted by Gasteiger charge is 2.28. The van der Waals surface area contributed by atoms with E-state index < -0.39 is 0 Å². The normalized spacial score (nSPS) is 17.6. The molecule has 1 aliphatic rings. The van der Waals surface area contributed by atoms with Gasteiger partial charge in [-0.2, -0.15) is 5.10 Å². The number of amides is 2. The van der Waals surface area contributed by atoms with Crippen LogP contribution in [0.3, 0.4) is 0 Å². The molecule has 1 fully saturated rings. The standard InChI is InChI=1S/C16H19N5O3/c1-17-15(22)11-3-4-12(18-9-11)14-10-21(7-8-24-14)16(23)13-5-6-20(2)19-13/h3-6,9,14H,7-8,10H2,1-2H3,(H,17,22)/t14-/m0/s1. The maximum atomic E-state index is 12.5. The van der Waals surface area contributed by atoms with Gasteiger partial charge in [-0.15, -0.1) is 0 Å². The first-order valence-electron chi connectivity index (χ1n) is 7.67. The van der Waals surface area contributed by atoms with E-state index in [4.69, 9.17) is 4.74 Å². The number of nitrogens with one attached hydrogen (secondary N) is 1. The van der Waals surface area contributed by atoms with E-state index in [9.17, 15) is 9.59 Å². The van der Waals surface area contributed by atoms with Gasteiger partial charge in [-0.25, -0.2) is 0 Å². The van der Waals surface area contributed by atoms with E-state index in [-0.39, 0.29) is 17.9 Å². The molecule has 2 aromatic rings. The summed E-state index contributed by atoms with van der Waals surface area (Å²) in [4.78, 5) is 30.1. The molecular weight excluding hydrogens is 310 g/mol. The van der Waals surface area contributed by atoms with Crippen molar-refractivity contribution >= 4 is 11.8 Å². The minimum Gasteiger partial charge on any atom is -0.368 e. The molecule has 8 nitrogen and oxygen atoms in total. The summed E-state index contributed by atoms with van der Waals surface area (Å²) in [6.45, 7) is 1.35. The zero-order valence-electron chi connectivity index (χ0n) is 13.6. The summed E-state index contributed by atoms with van der Waals surface area (Å²) in [5, 5.41) is 6.70. The van der Waals surface area contributed by atoms with Crippen molar-refractivity contribution in [1.29, 1.82) is 0 Å². The third-order valence-electron chi connectivity index (χ3n) is 3.89. The highest BCUT2D eigenvalue weighted by Crippen LogP contribution is 2.21. The van der Waals surface area contributed by atoms with Gasteiger partial charge in [0.15, 0.2) is 0 Å². The first-order chi connectivity index (χ1) is 11.6. The highest BCUT2D eigenvalue weighted by atomic mass is 16.5. The van der Waals surface area contributed by atoms with Gasteiger partial charge in [0.05, 0.1) is 24.4 Å². The molecule has 0 aliphatic carbocycles. The molecule has 0 bridgehead atoms. The topological polar surface area (TPSA) is 89.4 Å². The van der Waals surface area contributed by atoms with Crippen molar-refractivity contribution < 1.29 is 14.3 Å². The summed E-state index contributed by atoms with van der Waals surface area (Å²) in [6.07, 6.45) is 2.94. The van der Waals surface area contributed by atoms with Crippen molar-refractivity contribution in [2.45, 2.75) is 6.10 Å². The van der Waals surface area contributed by atoms with Crippen molar-refractivity contribution in [3.8, 4) is 0 Å². The van der Waals surface area contributed by atoms with Gasteiger partial charge in [0.2, 0.25) is 0 Å². The SMILES string of the molecule is CNC(=O)c1ccc([C@@H]2CN(C(=O)c3ccn(C)n3)CCO2)nc1. The molecule has 3 heterocycles. The van der Waals surface area contributed by atoms with Crippen LogP contribution in [-0.2, 0) is 11.8 Å². The fourth-order valence-electron chi connectivity index (χ4n) is 2.58. The van der Waals surface area contributed by atoms with Crippen molar-refractivity contribution in [1.82, 2.24) is 25.0 Å². The number of morpholine rings is 1. The third kappa shape index (κ3) is 3.28. The molecule has 0 unspecified atom stereocenters. The Morgan fingerprint density at radius 1 is 1.33 bits per heavy atom. The number of ether oxygens (including phenoxy) is 1. The van der Waals surface area contributed by atoms with E-state index in [1.54, 1.807) is 48.1 Å². The van der Waals surface area contributed by atoms with Crippen LogP contribution in [0.4, 0.5) is 0 Å². The summed E-state index contributed by atoms with van der Waals surface area (Å²) in [5.41, 5.74) is 1.60. The third-order valence-corrected chi connectivity index (χ3v) is 3.89. The van der Waals surface area contributed by atoms with Crippen LogP contribution in [0.5, 0.6) is 0 Å². The monoisotopic (exact) mass is 329 g/mol. The van der Waals surface area contributed by atoms with E-state index in [1.807, 2.05) is 0 Å².